The van der Waals surface area contributed by atoms with Crippen molar-refractivity contribution in [2.45, 2.75) is 33.1 Å². The van der Waals surface area contributed by atoms with E-state index in [2.05, 4.69) is 5.32 Å². The van der Waals surface area contributed by atoms with E-state index in [4.69, 9.17) is 5.11 Å². The van der Waals surface area contributed by atoms with Gasteiger partial charge in [-0.1, -0.05) is 13.0 Å². The molecule has 0 spiro atoms. The third-order valence-corrected chi connectivity index (χ3v) is 3.36. The first-order chi connectivity index (χ1) is 9.04. The van der Waals surface area contributed by atoms with Gasteiger partial charge in [-0.25, -0.2) is 0 Å². The molecule has 0 aromatic heterocycles. The molecule has 1 rings (SSSR count). The minimum absolute atomic E-state index is 0.0147. The summed E-state index contributed by atoms with van der Waals surface area (Å²) in [6.45, 7) is 6.05. The number of carbonyl (C=O) groups excluding carboxylic acids is 1. The number of aliphatic carboxylic acids is 1. The van der Waals surface area contributed by atoms with Gasteiger partial charge in [-0.2, -0.15) is 0 Å². The van der Waals surface area contributed by atoms with Crippen molar-refractivity contribution in [2.75, 3.05) is 26.2 Å². The van der Waals surface area contributed by atoms with E-state index in [9.17, 15) is 9.59 Å². The van der Waals surface area contributed by atoms with Gasteiger partial charge < -0.3 is 15.3 Å². The van der Waals surface area contributed by atoms with E-state index in [0.29, 0.717) is 12.5 Å². The second-order valence-electron chi connectivity index (χ2n) is 5.08. The zero-order valence-corrected chi connectivity index (χ0v) is 11.8. The first-order valence-corrected chi connectivity index (χ1v) is 6.93. The van der Waals surface area contributed by atoms with Gasteiger partial charge in [0.1, 0.15) is 0 Å². The standard InChI is InChI=1S/C14H24N2O3/c1-3-5-11(2)14(19)16-7-4-6-12(10-16)8-15-9-13(17)18/h5,12,15H,3-4,6-10H2,1-2H3,(H,17,18)/b11-5-. The average molecular weight is 268 g/mol. The van der Waals surface area contributed by atoms with Crippen molar-refractivity contribution < 1.29 is 14.7 Å². The van der Waals surface area contributed by atoms with Crippen LogP contribution in [0.25, 0.3) is 0 Å². The third kappa shape index (κ3) is 5.42. The average Bonchev–Trinajstić information content (AvgIpc) is 2.38. The van der Waals surface area contributed by atoms with E-state index in [1.54, 1.807) is 0 Å². The van der Waals surface area contributed by atoms with Crippen molar-refractivity contribution in [3.8, 4) is 0 Å². The van der Waals surface area contributed by atoms with Gasteiger partial charge in [-0.05, 0) is 32.1 Å². The van der Waals surface area contributed by atoms with Crippen LogP contribution in [0, 0.1) is 5.92 Å². The zero-order valence-electron chi connectivity index (χ0n) is 11.8. The topological polar surface area (TPSA) is 69.6 Å². The van der Waals surface area contributed by atoms with Gasteiger partial charge >= 0.3 is 5.97 Å². The van der Waals surface area contributed by atoms with Crippen LogP contribution in [0.2, 0.25) is 0 Å². The summed E-state index contributed by atoms with van der Waals surface area (Å²) in [6.07, 6.45) is 4.86. The Hall–Kier alpha value is -1.36. The zero-order chi connectivity index (χ0) is 14.3. The van der Waals surface area contributed by atoms with Gasteiger partial charge in [0.05, 0.1) is 6.54 Å². The SMILES string of the molecule is CC/C=C(/C)C(=O)N1CCCC(CNCC(=O)O)C1. The summed E-state index contributed by atoms with van der Waals surface area (Å²) >= 11 is 0. The van der Waals surface area contributed by atoms with Crippen LogP contribution in [0.15, 0.2) is 11.6 Å². The lowest BCUT2D eigenvalue weighted by Gasteiger charge is -2.33. The summed E-state index contributed by atoms with van der Waals surface area (Å²) in [5, 5.41) is 11.5. The number of likely N-dealkylation sites (tertiary alicyclic amines) is 1. The predicted octanol–water partition coefficient (Wildman–Crippen LogP) is 1.26. The fraction of sp³-hybridized carbons (Fsp3) is 0.714. The van der Waals surface area contributed by atoms with Crippen LogP contribution in [-0.4, -0.2) is 48.1 Å². The molecule has 0 bridgehead atoms. The summed E-state index contributed by atoms with van der Waals surface area (Å²) in [5.74, 6) is -0.373. The fourth-order valence-electron chi connectivity index (χ4n) is 2.44. The van der Waals surface area contributed by atoms with E-state index >= 15 is 0 Å². The molecule has 5 nitrogen and oxygen atoms in total. The molecule has 1 fully saturated rings. The molecule has 1 heterocycles. The number of rotatable bonds is 6. The highest BCUT2D eigenvalue weighted by atomic mass is 16.4. The number of nitrogens with zero attached hydrogens (tertiary/aromatic N) is 1. The Labute approximate surface area is 114 Å². The highest BCUT2D eigenvalue weighted by Crippen LogP contribution is 2.17. The molecule has 2 N–H and O–H groups in total. The van der Waals surface area contributed by atoms with Crippen molar-refractivity contribution in [3.05, 3.63) is 11.6 Å². The molecule has 1 atom stereocenters. The molecule has 19 heavy (non-hydrogen) atoms. The summed E-state index contributed by atoms with van der Waals surface area (Å²) in [7, 11) is 0. The van der Waals surface area contributed by atoms with E-state index < -0.39 is 5.97 Å². The molecule has 0 radical (unpaired) electrons. The van der Waals surface area contributed by atoms with Gasteiger partial charge in [-0.3, -0.25) is 9.59 Å². The van der Waals surface area contributed by atoms with E-state index in [0.717, 1.165) is 37.9 Å². The van der Waals surface area contributed by atoms with E-state index in [-0.39, 0.29) is 12.5 Å². The Morgan fingerprint density at radius 1 is 1.47 bits per heavy atom. The van der Waals surface area contributed by atoms with Crippen LogP contribution in [0.5, 0.6) is 0 Å². The van der Waals surface area contributed by atoms with Crippen LogP contribution in [0.4, 0.5) is 0 Å². The predicted molar refractivity (Wildman–Crippen MR) is 73.9 cm³/mol. The lowest BCUT2D eigenvalue weighted by molar-refractivity contribution is -0.136. The number of amides is 1. The van der Waals surface area contributed by atoms with E-state index in [1.165, 1.54) is 0 Å². The van der Waals surface area contributed by atoms with Crippen molar-refractivity contribution in [1.29, 1.82) is 0 Å². The summed E-state index contributed by atoms with van der Waals surface area (Å²) < 4.78 is 0. The Morgan fingerprint density at radius 2 is 2.21 bits per heavy atom. The summed E-state index contributed by atoms with van der Waals surface area (Å²) in [5.41, 5.74) is 0.807. The van der Waals surface area contributed by atoms with Gasteiger partial charge in [0.2, 0.25) is 5.91 Å². The molecule has 108 valence electrons. The second kappa shape index (κ2) is 7.94. The highest BCUT2D eigenvalue weighted by Gasteiger charge is 2.23. The highest BCUT2D eigenvalue weighted by molar-refractivity contribution is 5.92. The van der Waals surface area contributed by atoms with Crippen LogP contribution >= 0.6 is 0 Å². The maximum absolute atomic E-state index is 12.2. The van der Waals surface area contributed by atoms with Gasteiger partial charge in [-0.15, -0.1) is 0 Å². The number of hydrogen-bond donors (Lipinski definition) is 2. The molecule has 1 aliphatic rings. The molecule has 5 heteroatoms. The Morgan fingerprint density at radius 3 is 2.84 bits per heavy atom. The van der Waals surface area contributed by atoms with E-state index in [1.807, 2.05) is 24.8 Å². The smallest absolute Gasteiger partial charge is 0.317 e. The Bertz CT molecular complexity index is 353. The molecule has 1 unspecified atom stereocenters. The Kier molecular flexibility index (Phi) is 6.56. The maximum Gasteiger partial charge on any atom is 0.317 e. The van der Waals surface area contributed by atoms with Crippen molar-refractivity contribution in [3.63, 3.8) is 0 Å². The Balaban J connectivity index is 2.43. The first-order valence-electron chi connectivity index (χ1n) is 6.93. The number of carboxylic acid groups (broad SMARTS) is 1. The molecular weight excluding hydrogens is 244 g/mol. The number of carbonyl (C=O) groups is 2. The van der Waals surface area contributed by atoms with Crippen LogP contribution in [0.1, 0.15) is 33.1 Å². The normalized spacial score (nSPS) is 20.4. The minimum Gasteiger partial charge on any atom is -0.480 e. The molecule has 0 saturated carbocycles. The largest absolute Gasteiger partial charge is 0.480 e. The summed E-state index contributed by atoms with van der Waals surface area (Å²) in [4.78, 5) is 24.5. The van der Waals surface area contributed by atoms with Gasteiger partial charge in [0.15, 0.2) is 0 Å². The number of hydrogen-bond acceptors (Lipinski definition) is 3. The maximum atomic E-state index is 12.2. The number of piperidine rings is 1. The lowest BCUT2D eigenvalue weighted by Crippen LogP contribution is -2.43. The molecule has 1 amide bonds. The number of carboxylic acids is 1. The molecule has 1 saturated heterocycles. The monoisotopic (exact) mass is 268 g/mol. The van der Waals surface area contributed by atoms with Gasteiger partial charge in [0, 0.05) is 25.2 Å². The van der Waals surface area contributed by atoms with Crippen molar-refractivity contribution in [1.82, 2.24) is 10.2 Å². The van der Waals surface area contributed by atoms with Crippen LogP contribution in [0.3, 0.4) is 0 Å². The summed E-state index contributed by atoms with van der Waals surface area (Å²) in [6, 6.07) is 0. The van der Waals surface area contributed by atoms with Crippen molar-refractivity contribution >= 4 is 11.9 Å². The van der Waals surface area contributed by atoms with Crippen LogP contribution in [-0.2, 0) is 9.59 Å². The molecule has 0 aromatic carbocycles. The lowest BCUT2D eigenvalue weighted by atomic mass is 9.97. The number of allylic oxidation sites excluding steroid dienone is 1. The molecular formula is C14H24N2O3. The van der Waals surface area contributed by atoms with Crippen molar-refractivity contribution in [2.24, 2.45) is 5.92 Å². The second-order valence-corrected chi connectivity index (χ2v) is 5.08. The first kappa shape index (κ1) is 15.7. The van der Waals surface area contributed by atoms with Gasteiger partial charge in [0.25, 0.3) is 0 Å². The molecule has 0 aromatic rings. The molecule has 0 aliphatic carbocycles. The third-order valence-electron chi connectivity index (χ3n) is 3.36. The molecule has 1 aliphatic heterocycles. The fourth-order valence-corrected chi connectivity index (χ4v) is 2.44. The van der Waals surface area contributed by atoms with Crippen LogP contribution < -0.4 is 5.32 Å². The minimum atomic E-state index is -0.842. The number of nitrogens with one attached hydrogen (secondary N) is 1. The quantitative estimate of drug-likeness (QED) is 0.711.